The smallest absolute Gasteiger partial charge is 0.339 e. The molecule has 0 rings (SSSR count). The Morgan fingerprint density at radius 2 is 1.95 bits per heavy atom. The van der Waals surface area contributed by atoms with Crippen molar-refractivity contribution in [3.8, 4) is 0 Å². The Kier molecular flexibility index (Phi) is 11.0. The number of rotatable bonds is 13. The Labute approximate surface area is 130 Å². The molecular formula is C18H32O3. The first-order chi connectivity index (χ1) is 10.0. The molecule has 0 aliphatic carbocycles. The second kappa shape index (κ2) is 11.6. The van der Waals surface area contributed by atoms with Gasteiger partial charge in [0, 0.05) is 13.0 Å². The largest absolute Gasteiger partial charge is 0.459 e. The molecule has 3 heteroatoms. The summed E-state index contributed by atoms with van der Waals surface area (Å²) in [7, 11) is 0. The molecule has 0 aliphatic heterocycles. The maximum absolute atomic E-state index is 12.4. The van der Waals surface area contributed by atoms with Gasteiger partial charge in [0.05, 0.1) is 0 Å². The number of hydrogen-bond acceptors (Lipinski definition) is 3. The fraction of sp³-hybridized carbons (Fsp3) is 0.722. The van der Waals surface area contributed by atoms with Gasteiger partial charge < -0.3 is 9.47 Å². The van der Waals surface area contributed by atoms with Gasteiger partial charge in [-0.05, 0) is 25.2 Å². The maximum atomic E-state index is 12.4. The zero-order valence-electron chi connectivity index (χ0n) is 14.0. The summed E-state index contributed by atoms with van der Waals surface area (Å²) < 4.78 is 11.3. The van der Waals surface area contributed by atoms with Crippen molar-refractivity contribution in [2.45, 2.75) is 64.9 Å². The van der Waals surface area contributed by atoms with Gasteiger partial charge in [0.15, 0.2) is 5.60 Å². The summed E-state index contributed by atoms with van der Waals surface area (Å²) in [4.78, 5) is 12.4. The van der Waals surface area contributed by atoms with Crippen molar-refractivity contribution in [2.75, 3.05) is 13.2 Å². The van der Waals surface area contributed by atoms with E-state index in [1.54, 1.807) is 12.2 Å². The Morgan fingerprint density at radius 1 is 1.24 bits per heavy atom. The molecule has 0 aromatic rings. The highest BCUT2D eigenvalue weighted by Crippen LogP contribution is 2.27. The van der Waals surface area contributed by atoms with E-state index in [2.05, 4.69) is 33.9 Å². The molecule has 0 radical (unpaired) electrons. The lowest BCUT2D eigenvalue weighted by Crippen LogP contribution is -2.43. The van der Waals surface area contributed by atoms with Gasteiger partial charge in [-0.25, -0.2) is 4.79 Å². The van der Waals surface area contributed by atoms with Crippen molar-refractivity contribution >= 4 is 5.97 Å². The minimum absolute atomic E-state index is 0.221. The lowest BCUT2D eigenvalue weighted by molar-refractivity contribution is -0.173. The lowest BCUT2D eigenvalue weighted by atomic mass is 9.92. The minimum Gasteiger partial charge on any atom is -0.459 e. The van der Waals surface area contributed by atoms with Crippen LogP contribution in [0.3, 0.4) is 0 Å². The van der Waals surface area contributed by atoms with Crippen LogP contribution in [-0.2, 0) is 14.3 Å². The number of esters is 1. The SMILES string of the molecule is C=CCOC(=O)C(CC=C)(CCCCC)OCCC(C)C. The first kappa shape index (κ1) is 19.9. The third kappa shape index (κ3) is 8.05. The summed E-state index contributed by atoms with van der Waals surface area (Å²) in [5, 5.41) is 0. The molecule has 3 nitrogen and oxygen atoms in total. The van der Waals surface area contributed by atoms with E-state index in [4.69, 9.17) is 9.47 Å². The van der Waals surface area contributed by atoms with Crippen LogP contribution < -0.4 is 0 Å². The van der Waals surface area contributed by atoms with Gasteiger partial charge in [0.25, 0.3) is 0 Å². The molecule has 122 valence electrons. The summed E-state index contributed by atoms with van der Waals surface area (Å²) in [6.45, 7) is 14.6. The topological polar surface area (TPSA) is 35.5 Å². The standard InChI is InChI=1S/C18H32O3/c1-6-9-10-13-18(12-7-2,17(19)20-14-8-3)21-15-11-16(4)5/h7-8,16H,2-3,6,9-15H2,1,4-5H3. The monoisotopic (exact) mass is 296 g/mol. The van der Waals surface area contributed by atoms with E-state index in [1.807, 2.05) is 0 Å². The van der Waals surface area contributed by atoms with Gasteiger partial charge >= 0.3 is 5.97 Å². The van der Waals surface area contributed by atoms with E-state index in [9.17, 15) is 4.79 Å². The highest BCUT2D eigenvalue weighted by molar-refractivity contribution is 5.80. The van der Waals surface area contributed by atoms with Crippen molar-refractivity contribution in [3.63, 3.8) is 0 Å². The molecule has 0 spiro atoms. The molecule has 1 unspecified atom stereocenters. The quantitative estimate of drug-likeness (QED) is 0.281. The Morgan fingerprint density at radius 3 is 2.48 bits per heavy atom. The van der Waals surface area contributed by atoms with Gasteiger partial charge in [-0.2, -0.15) is 0 Å². The third-order valence-corrected chi connectivity index (χ3v) is 3.44. The molecule has 0 N–H and O–H groups in total. The van der Waals surface area contributed by atoms with Gasteiger partial charge in [0.1, 0.15) is 6.61 Å². The highest BCUT2D eigenvalue weighted by Gasteiger charge is 2.39. The van der Waals surface area contributed by atoms with E-state index in [-0.39, 0.29) is 12.6 Å². The van der Waals surface area contributed by atoms with Crippen molar-refractivity contribution in [3.05, 3.63) is 25.3 Å². The maximum Gasteiger partial charge on any atom is 0.339 e. The number of unbranched alkanes of at least 4 members (excludes halogenated alkanes) is 2. The summed E-state index contributed by atoms with van der Waals surface area (Å²) in [6, 6.07) is 0. The summed E-state index contributed by atoms with van der Waals surface area (Å²) in [6.07, 6.45) is 8.58. The van der Waals surface area contributed by atoms with Crippen LogP contribution in [0.1, 0.15) is 59.3 Å². The van der Waals surface area contributed by atoms with Crippen LogP contribution >= 0.6 is 0 Å². The van der Waals surface area contributed by atoms with Crippen molar-refractivity contribution in [1.29, 1.82) is 0 Å². The first-order valence-electron chi connectivity index (χ1n) is 8.05. The molecule has 0 aromatic heterocycles. The van der Waals surface area contributed by atoms with Gasteiger partial charge in [-0.1, -0.05) is 52.3 Å². The van der Waals surface area contributed by atoms with Crippen molar-refractivity contribution in [1.82, 2.24) is 0 Å². The molecule has 0 amide bonds. The van der Waals surface area contributed by atoms with E-state index in [1.165, 1.54) is 0 Å². The van der Waals surface area contributed by atoms with Gasteiger partial charge in [0.2, 0.25) is 0 Å². The number of hydrogen-bond donors (Lipinski definition) is 0. The van der Waals surface area contributed by atoms with Crippen molar-refractivity contribution < 1.29 is 14.3 Å². The zero-order chi connectivity index (χ0) is 16.1. The Bertz CT molecular complexity index is 310. The molecule has 0 bridgehead atoms. The molecule has 21 heavy (non-hydrogen) atoms. The van der Waals surface area contributed by atoms with Crippen LogP contribution in [0.15, 0.2) is 25.3 Å². The second-order valence-corrected chi connectivity index (χ2v) is 5.86. The molecule has 1 atom stereocenters. The van der Waals surface area contributed by atoms with Crippen LogP contribution in [0, 0.1) is 5.92 Å². The average molecular weight is 296 g/mol. The molecule has 0 saturated heterocycles. The number of ether oxygens (including phenoxy) is 2. The molecule has 0 aromatic carbocycles. The highest BCUT2D eigenvalue weighted by atomic mass is 16.6. The van der Waals surface area contributed by atoms with Crippen molar-refractivity contribution in [2.24, 2.45) is 5.92 Å². The fourth-order valence-electron chi connectivity index (χ4n) is 2.13. The summed E-state index contributed by atoms with van der Waals surface area (Å²) in [5.74, 6) is 0.258. The van der Waals surface area contributed by atoms with E-state index >= 15 is 0 Å². The Hall–Kier alpha value is -1.09. The van der Waals surface area contributed by atoms with E-state index < -0.39 is 5.60 Å². The minimum atomic E-state index is -0.880. The van der Waals surface area contributed by atoms with Gasteiger partial charge in [-0.3, -0.25) is 0 Å². The molecule has 0 aliphatic rings. The third-order valence-electron chi connectivity index (χ3n) is 3.44. The Balaban J connectivity index is 4.87. The normalized spacial score (nSPS) is 13.7. The fourth-order valence-corrected chi connectivity index (χ4v) is 2.13. The average Bonchev–Trinajstić information content (AvgIpc) is 2.44. The molecule has 0 fully saturated rings. The van der Waals surface area contributed by atoms with Gasteiger partial charge in [-0.15, -0.1) is 6.58 Å². The zero-order valence-corrected chi connectivity index (χ0v) is 14.0. The van der Waals surface area contributed by atoms with Crippen LogP contribution in [0.4, 0.5) is 0 Å². The van der Waals surface area contributed by atoms with Crippen LogP contribution in [0.5, 0.6) is 0 Å². The summed E-state index contributed by atoms with van der Waals surface area (Å²) in [5.41, 5.74) is -0.880. The molecular weight excluding hydrogens is 264 g/mol. The lowest BCUT2D eigenvalue weighted by Gasteiger charge is -2.31. The van der Waals surface area contributed by atoms with Crippen LogP contribution in [0.2, 0.25) is 0 Å². The first-order valence-corrected chi connectivity index (χ1v) is 8.05. The molecule has 0 saturated carbocycles. The number of carbonyl (C=O) groups excluding carboxylic acids is 1. The number of carbonyl (C=O) groups is 1. The van der Waals surface area contributed by atoms with E-state index in [0.717, 1.165) is 25.7 Å². The molecule has 0 heterocycles. The predicted molar refractivity (Wildman–Crippen MR) is 88.3 cm³/mol. The predicted octanol–water partition coefficient (Wildman–Crippen LogP) is 4.67. The van der Waals surface area contributed by atoms with Crippen LogP contribution in [0.25, 0.3) is 0 Å². The van der Waals surface area contributed by atoms with E-state index in [0.29, 0.717) is 25.4 Å². The van der Waals surface area contributed by atoms with Crippen LogP contribution in [-0.4, -0.2) is 24.8 Å². The second-order valence-electron chi connectivity index (χ2n) is 5.86. The summed E-state index contributed by atoms with van der Waals surface area (Å²) >= 11 is 0.